The van der Waals surface area contributed by atoms with Crippen LogP contribution in [0.15, 0.2) is 42.5 Å². The molecule has 0 bridgehead atoms. The maximum absolute atomic E-state index is 12.6. The van der Waals surface area contributed by atoms with E-state index in [9.17, 15) is 14.4 Å². The monoisotopic (exact) mass is 419 g/mol. The van der Waals surface area contributed by atoms with Crippen molar-refractivity contribution in [3.63, 3.8) is 0 Å². The number of rotatable bonds is 5. The van der Waals surface area contributed by atoms with Crippen LogP contribution in [0.3, 0.4) is 0 Å². The van der Waals surface area contributed by atoms with E-state index in [1.54, 1.807) is 21.9 Å². The summed E-state index contributed by atoms with van der Waals surface area (Å²) in [6.07, 6.45) is 4.28. The van der Waals surface area contributed by atoms with E-state index in [0.29, 0.717) is 25.2 Å². The molecular formula is C25H29N3O3. The zero-order valence-corrected chi connectivity index (χ0v) is 18.2. The number of aryl methyl sites for hydroxylation is 2. The normalized spacial score (nSPS) is 17.4. The number of nitrogens with one attached hydrogen (secondary N) is 1. The zero-order valence-electron chi connectivity index (χ0n) is 18.2. The number of hydrogen-bond acceptors (Lipinski definition) is 3. The van der Waals surface area contributed by atoms with Gasteiger partial charge in [-0.15, -0.1) is 0 Å². The lowest BCUT2D eigenvalue weighted by atomic mass is 10.1. The number of nitrogens with zero attached hydrogens (tertiary/aromatic N) is 2. The van der Waals surface area contributed by atoms with Crippen molar-refractivity contribution >= 4 is 23.4 Å². The average Bonchev–Trinajstić information content (AvgIpc) is 3.28. The molecule has 6 nitrogen and oxygen atoms in total. The van der Waals surface area contributed by atoms with Crippen LogP contribution in [0.1, 0.15) is 52.7 Å². The summed E-state index contributed by atoms with van der Waals surface area (Å²) in [5.41, 5.74) is 4.42. The summed E-state index contributed by atoms with van der Waals surface area (Å²) in [5.74, 6) is -0.965. The Hall–Kier alpha value is -3.15. The molecule has 31 heavy (non-hydrogen) atoms. The standard InChI is InChI=1S/C25H29N3O3/c1-17-7-12-22(18(2)15-17)26-23(29)20-10-8-19(9-11-20)16-27-13-14-28(25(31)24(27)30)21-5-3-4-6-21/h7-12,15,21H,3-6,13-14,16H2,1-2H3,(H,26,29). The molecule has 4 rings (SSSR count). The Balaban J connectivity index is 1.36. The first-order valence-electron chi connectivity index (χ1n) is 11.0. The van der Waals surface area contributed by atoms with Gasteiger partial charge in [-0.05, 0) is 56.0 Å². The molecule has 1 aliphatic heterocycles. The fourth-order valence-electron chi connectivity index (χ4n) is 4.54. The van der Waals surface area contributed by atoms with Gasteiger partial charge in [-0.25, -0.2) is 0 Å². The predicted octanol–water partition coefficient (Wildman–Crippen LogP) is 3.67. The first kappa shape index (κ1) is 21.1. The number of hydrogen-bond donors (Lipinski definition) is 1. The van der Waals surface area contributed by atoms with E-state index >= 15 is 0 Å². The minimum atomic E-state index is -0.421. The number of carbonyl (C=O) groups is 3. The Morgan fingerprint density at radius 3 is 2.35 bits per heavy atom. The van der Waals surface area contributed by atoms with Gasteiger partial charge in [-0.2, -0.15) is 0 Å². The van der Waals surface area contributed by atoms with Crippen LogP contribution in [-0.4, -0.2) is 46.7 Å². The summed E-state index contributed by atoms with van der Waals surface area (Å²) in [7, 11) is 0. The Bertz CT molecular complexity index is 994. The summed E-state index contributed by atoms with van der Waals surface area (Å²) in [4.78, 5) is 41.1. The molecule has 2 aromatic rings. The van der Waals surface area contributed by atoms with Crippen LogP contribution in [0.2, 0.25) is 0 Å². The van der Waals surface area contributed by atoms with Crippen molar-refractivity contribution in [2.24, 2.45) is 0 Å². The van der Waals surface area contributed by atoms with E-state index < -0.39 is 5.91 Å². The summed E-state index contributed by atoms with van der Waals surface area (Å²) in [5, 5.41) is 2.95. The highest BCUT2D eigenvalue weighted by Gasteiger charge is 2.37. The van der Waals surface area contributed by atoms with Gasteiger partial charge >= 0.3 is 11.8 Å². The highest BCUT2D eigenvalue weighted by Crippen LogP contribution is 2.25. The predicted molar refractivity (Wildman–Crippen MR) is 120 cm³/mol. The number of benzene rings is 2. The first-order chi connectivity index (χ1) is 14.9. The largest absolute Gasteiger partial charge is 0.330 e. The van der Waals surface area contributed by atoms with Crippen LogP contribution in [0.5, 0.6) is 0 Å². The van der Waals surface area contributed by atoms with E-state index in [-0.39, 0.29) is 17.9 Å². The Kier molecular flexibility index (Phi) is 6.07. The van der Waals surface area contributed by atoms with E-state index in [0.717, 1.165) is 48.1 Å². The molecule has 0 radical (unpaired) electrons. The summed E-state index contributed by atoms with van der Waals surface area (Å²) >= 11 is 0. The lowest BCUT2D eigenvalue weighted by Gasteiger charge is -2.37. The quantitative estimate of drug-likeness (QED) is 0.752. The van der Waals surface area contributed by atoms with Gasteiger partial charge < -0.3 is 15.1 Å². The van der Waals surface area contributed by atoms with Gasteiger partial charge in [0.2, 0.25) is 0 Å². The van der Waals surface area contributed by atoms with E-state index in [2.05, 4.69) is 5.32 Å². The second-order valence-electron chi connectivity index (χ2n) is 8.63. The molecule has 1 saturated heterocycles. The molecule has 1 aliphatic carbocycles. The van der Waals surface area contributed by atoms with E-state index in [1.165, 1.54) is 0 Å². The zero-order chi connectivity index (χ0) is 22.0. The molecule has 2 aliphatic rings. The Morgan fingerprint density at radius 1 is 0.968 bits per heavy atom. The lowest BCUT2D eigenvalue weighted by Crippen LogP contribution is -2.56. The molecule has 162 valence electrons. The highest BCUT2D eigenvalue weighted by atomic mass is 16.2. The first-order valence-corrected chi connectivity index (χ1v) is 11.0. The third-order valence-electron chi connectivity index (χ3n) is 6.33. The third-order valence-corrected chi connectivity index (χ3v) is 6.33. The van der Waals surface area contributed by atoms with Crippen LogP contribution in [0, 0.1) is 13.8 Å². The number of anilines is 1. The van der Waals surface area contributed by atoms with Crippen molar-refractivity contribution in [1.29, 1.82) is 0 Å². The van der Waals surface area contributed by atoms with Crippen molar-refractivity contribution < 1.29 is 14.4 Å². The molecule has 0 aromatic heterocycles. The van der Waals surface area contributed by atoms with Crippen molar-refractivity contribution in [2.45, 2.75) is 52.1 Å². The summed E-state index contributed by atoms with van der Waals surface area (Å²) in [6, 6.07) is 13.3. The fraction of sp³-hybridized carbons (Fsp3) is 0.400. The van der Waals surface area contributed by atoms with Gasteiger partial charge in [0.15, 0.2) is 0 Å². The van der Waals surface area contributed by atoms with Crippen LogP contribution >= 0.6 is 0 Å². The second-order valence-corrected chi connectivity index (χ2v) is 8.63. The van der Waals surface area contributed by atoms with Crippen LogP contribution in [0.25, 0.3) is 0 Å². The highest BCUT2D eigenvalue weighted by molar-refractivity contribution is 6.35. The van der Waals surface area contributed by atoms with E-state index in [1.807, 2.05) is 44.2 Å². The molecule has 2 fully saturated rings. The lowest BCUT2D eigenvalue weighted by molar-refractivity contribution is -0.158. The van der Waals surface area contributed by atoms with Crippen molar-refractivity contribution in [3.05, 3.63) is 64.7 Å². The molecule has 2 aromatic carbocycles. The van der Waals surface area contributed by atoms with Gasteiger partial charge in [0.25, 0.3) is 5.91 Å². The molecule has 0 unspecified atom stereocenters. The number of piperazine rings is 1. The SMILES string of the molecule is Cc1ccc(NC(=O)c2ccc(CN3CCN(C4CCCC4)C(=O)C3=O)cc2)c(C)c1. The van der Waals surface area contributed by atoms with Gasteiger partial charge in [0.05, 0.1) is 0 Å². The molecular weight excluding hydrogens is 390 g/mol. The smallest absolute Gasteiger partial charge is 0.312 e. The third kappa shape index (κ3) is 4.63. The van der Waals surface area contributed by atoms with E-state index in [4.69, 9.17) is 0 Å². The Labute approximate surface area is 183 Å². The van der Waals surface area contributed by atoms with Crippen molar-refractivity contribution in [3.8, 4) is 0 Å². The topological polar surface area (TPSA) is 69.7 Å². The Morgan fingerprint density at radius 2 is 1.68 bits per heavy atom. The fourth-order valence-corrected chi connectivity index (χ4v) is 4.54. The van der Waals surface area contributed by atoms with Gasteiger partial charge in [0, 0.05) is 36.9 Å². The molecule has 6 heteroatoms. The van der Waals surface area contributed by atoms with Crippen molar-refractivity contribution in [1.82, 2.24) is 9.80 Å². The van der Waals surface area contributed by atoms with Gasteiger partial charge in [-0.3, -0.25) is 14.4 Å². The summed E-state index contributed by atoms with van der Waals surface area (Å²) < 4.78 is 0. The second kappa shape index (κ2) is 8.92. The maximum atomic E-state index is 12.6. The molecule has 3 amide bonds. The summed E-state index contributed by atoms with van der Waals surface area (Å²) in [6.45, 7) is 5.52. The van der Waals surface area contributed by atoms with Crippen LogP contribution < -0.4 is 5.32 Å². The maximum Gasteiger partial charge on any atom is 0.312 e. The molecule has 1 heterocycles. The molecule has 0 atom stereocenters. The average molecular weight is 420 g/mol. The molecule has 0 spiro atoms. The number of amides is 3. The molecule has 1 N–H and O–H groups in total. The molecule has 1 saturated carbocycles. The van der Waals surface area contributed by atoms with Crippen molar-refractivity contribution in [2.75, 3.05) is 18.4 Å². The number of carbonyl (C=O) groups excluding carboxylic acids is 3. The minimum absolute atomic E-state index is 0.171. The minimum Gasteiger partial charge on any atom is -0.330 e. The van der Waals surface area contributed by atoms with Gasteiger partial charge in [0.1, 0.15) is 0 Å². The van der Waals surface area contributed by atoms with Crippen LogP contribution in [-0.2, 0) is 16.1 Å². The van der Waals surface area contributed by atoms with Crippen LogP contribution in [0.4, 0.5) is 5.69 Å². The van der Waals surface area contributed by atoms with Gasteiger partial charge in [-0.1, -0.05) is 42.7 Å².